The second-order valence-electron chi connectivity index (χ2n) is 4.92. The summed E-state index contributed by atoms with van der Waals surface area (Å²) in [6.07, 6.45) is 0. The van der Waals surface area contributed by atoms with Gasteiger partial charge in [-0.1, -0.05) is 23.7 Å². The highest BCUT2D eigenvalue weighted by molar-refractivity contribution is 7.80. The Hall–Kier alpha value is -1.63. The van der Waals surface area contributed by atoms with Gasteiger partial charge in [0.1, 0.15) is 5.00 Å². The molecule has 0 unspecified atom stereocenters. The molecule has 1 heterocycles. The number of anilines is 1. The van der Waals surface area contributed by atoms with Crippen LogP contribution >= 0.6 is 35.2 Å². The van der Waals surface area contributed by atoms with Gasteiger partial charge in [0.25, 0.3) is 0 Å². The van der Waals surface area contributed by atoms with Crippen LogP contribution in [0.3, 0.4) is 0 Å². The molecule has 7 heteroatoms. The van der Waals surface area contributed by atoms with Gasteiger partial charge in [-0.05, 0) is 49.3 Å². The van der Waals surface area contributed by atoms with E-state index in [2.05, 4.69) is 10.6 Å². The molecule has 2 aromatic rings. The van der Waals surface area contributed by atoms with Gasteiger partial charge in [-0.15, -0.1) is 11.3 Å². The van der Waals surface area contributed by atoms with Crippen LogP contribution in [0.15, 0.2) is 24.3 Å². The van der Waals surface area contributed by atoms with Crippen molar-refractivity contribution in [2.24, 2.45) is 0 Å². The lowest BCUT2D eigenvalue weighted by Gasteiger charge is -2.11. The van der Waals surface area contributed by atoms with E-state index in [-0.39, 0.29) is 5.97 Å². The first-order valence-electron chi connectivity index (χ1n) is 6.90. The van der Waals surface area contributed by atoms with Gasteiger partial charge >= 0.3 is 5.97 Å². The van der Waals surface area contributed by atoms with Gasteiger partial charge in [0.05, 0.1) is 12.7 Å². The molecule has 2 N–H and O–H groups in total. The van der Waals surface area contributed by atoms with Crippen molar-refractivity contribution in [3.8, 4) is 0 Å². The highest BCUT2D eigenvalue weighted by Crippen LogP contribution is 2.32. The van der Waals surface area contributed by atoms with Crippen LogP contribution in [-0.2, 0) is 11.3 Å². The molecule has 4 nitrogen and oxygen atoms in total. The summed E-state index contributed by atoms with van der Waals surface area (Å²) in [6.45, 7) is 4.40. The Morgan fingerprint density at radius 1 is 1.39 bits per heavy atom. The molecular weight excluding hydrogens is 352 g/mol. The third kappa shape index (κ3) is 4.43. The van der Waals surface area contributed by atoms with E-state index in [0.29, 0.717) is 27.2 Å². The maximum atomic E-state index is 11.9. The summed E-state index contributed by atoms with van der Waals surface area (Å²) < 4.78 is 4.84. The maximum absolute atomic E-state index is 11.9. The zero-order valence-electron chi connectivity index (χ0n) is 13.0. The number of carbonyl (C=O) groups is 1. The summed E-state index contributed by atoms with van der Waals surface area (Å²) in [6, 6.07) is 7.54. The van der Waals surface area contributed by atoms with Crippen molar-refractivity contribution in [2.45, 2.75) is 20.4 Å². The summed E-state index contributed by atoms with van der Waals surface area (Å²) in [5.74, 6) is -0.369. The first kappa shape index (κ1) is 17.7. The summed E-state index contributed by atoms with van der Waals surface area (Å²) in [7, 11) is 1.37. The van der Waals surface area contributed by atoms with Crippen LogP contribution in [0.4, 0.5) is 5.00 Å². The average molecular weight is 369 g/mol. The highest BCUT2D eigenvalue weighted by Gasteiger charge is 2.20. The molecular formula is C16H17ClN2O2S2. The first-order valence-corrected chi connectivity index (χ1v) is 8.50. The van der Waals surface area contributed by atoms with Crippen molar-refractivity contribution < 1.29 is 9.53 Å². The van der Waals surface area contributed by atoms with Gasteiger partial charge in [0, 0.05) is 16.4 Å². The van der Waals surface area contributed by atoms with E-state index >= 15 is 0 Å². The molecule has 0 fully saturated rings. The van der Waals surface area contributed by atoms with E-state index in [4.69, 9.17) is 28.6 Å². The summed E-state index contributed by atoms with van der Waals surface area (Å²) in [4.78, 5) is 13.0. The molecule has 0 aliphatic carbocycles. The maximum Gasteiger partial charge on any atom is 0.341 e. The molecule has 0 saturated carbocycles. The van der Waals surface area contributed by atoms with Crippen molar-refractivity contribution in [1.82, 2.24) is 5.32 Å². The molecule has 2 rings (SSSR count). The molecule has 0 bridgehead atoms. The predicted molar refractivity (Wildman–Crippen MR) is 99.6 cm³/mol. The molecule has 0 radical (unpaired) electrons. The zero-order chi connectivity index (χ0) is 17.0. The molecule has 0 aliphatic heterocycles. The monoisotopic (exact) mass is 368 g/mol. The van der Waals surface area contributed by atoms with Gasteiger partial charge in [-0.25, -0.2) is 4.79 Å². The minimum Gasteiger partial charge on any atom is -0.465 e. The Kier molecular flexibility index (Phi) is 5.98. The minimum absolute atomic E-state index is 0.369. The fraction of sp³-hybridized carbons (Fsp3) is 0.250. The predicted octanol–water partition coefficient (Wildman–Crippen LogP) is 4.29. The molecule has 0 aliphatic rings. The van der Waals surface area contributed by atoms with E-state index in [1.807, 2.05) is 38.1 Å². The number of esters is 1. The Balaban J connectivity index is 2.06. The normalized spacial score (nSPS) is 10.3. The SMILES string of the molecule is COC(=O)c1c(NC(=S)NCc2cccc(Cl)c2)sc(C)c1C. The fourth-order valence-corrected chi connectivity index (χ4v) is 3.54. The van der Waals surface area contributed by atoms with E-state index in [9.17, 15) is 4.79 Å². The summed E-state index contributed by atoms with van der Waals surface area (Å²) in [5, 5.41) is 7.99. The lowest BCUT2D eigenvalue weighted by Crippen LogP contribution is -2.28. The van der Waals surface area contributed by atoms with Crippen LogP contribution in [0.1, 0.15) is 26.4 Å². The Labute approximate surface area is 149 Å². The number of halogens is 1. The first-order chi connectivity index (χ1) is 10.9. The molecule has 0 amide bonds. The molecule has 122 valence electrons. The minimum atomic E-state index is -0.369. The second-order valence-corrected chi connectivity index (χ2v) is 6.99. The van der Waals surface area contributed by atoms with E-state index in [1.54, 1.807) is 0 Å². The van der Waals surface area contributed by atoms with Crippen LogP contribution in [-0.4, -0.2) is 18.2 Å². The summed E-state index contributed by atoms with van der Waals surface area (Å²) >= 11 is 12.7. The molecule has 23 heavy (non-hydrogen) atoms. The molecule has 0 atom stereocenters. The number of ether oxygens (including phenoxy) is 1. The van der Waals surface area contributed by atoms with Crippen LogP contribution < -0.4 is 10.6 Å². The van der Waals surface area contributed by atoms with Crippen LogP contribution in [0, 0.1) is 13.8 Å². The lowest BCUT2D eigenvalue weighted by atomic mass is 10.1. The van der Waals surface area contributed by atoms with Crippen LogP contribution in [0.25, 0.3) is 0 Å². The number of hydrogen-bond acceptors (Lipinski definition) is 4. The number of aryl methyl sites for hydroxylation is 1. The van der Waals surface area contributed by atoms with Crippen molar-refractivity contribution in [3.05, 3.63) is 50.9 Å². The topological polar surface area (TPSA) is 50.4 Å². The Morgan fingerprint density at radius 3 is 2.78 bits per heavy atom. The summed E-state index contributed by atoms with van der Waals surface area (Å²) in [5.41, 5.74) is 2.46. The standard InChI is InChI=1S/C16H17ClN2O2S2/c1-9-10(2)23-14(13(9)15(20)21-3)19-16(22)18-8-11-5-4-6-12(17)7-11/h4-7H,8H2,1-3H3,(H2,18,19,22). The van der Waals surface area contributed by atoms with Gasteiger partial charge < -0.3 is 15.4 Å². The molecule has 0 saturated heterocycles. The van der Waals surface area contributed by atoms with Crippen molar-refractivity contribution in [1.29, 1.82) is 0 Å². The fourth-order valence-electron chi connectivity index (χ4n) is 2.04. The van der Waals surface area contributed by atoms with Crippen molar-refractivity contribution in [2.75, 3.05) is 12.4 Å². The van der Waals surface area contributed by atoms with E-state index < -0.39 is 0 Å². The van der Waals surface area contributed by atoms with E-state index in [1.165, 1.54) is 18.4 Å². The number of rotatable bonds is 4. The van der Waals surface area contributed by atoms with Gasteiger partial charge in [0.15, 0.2) is 5.11 Å². The van der Waals surface area contributed by atoms with Gasteiger partial charge in [-0.3, -0.25) is 0 Å². The number of benzene rings is 1. The number of thiocarbonyl (C=S) groups is 1. The second kappa shape index (κ2) is 7.77. The third-order valence-corrected chi connectivity index (χ3v) is 4.95. The number of thiophene rings is 1. The van der Waals surface area contributed by atoms with Crippen LogP contribution in [0.2, 0.25) is 5.02 Å². The van der Waals surface area contributed by atoms with Crippen molar-refractivity contribution >= 4 is 51.2 Å². The van der Waals surface area contributed by atoms with Gasteiger partial charge in [0.2, 0.25) is 0 Å². The molecule has 0 spiro atoms. The molecule has 1 aromatic heterocycles. The number of nitrogens with one attached hydrogen (secondary N) is 2. The number of hydrogen-bond donors (Lipinski definition) is 2. The highest BCUT2D eigenvalue weighted by atomic mass is 35.5. The smallest absolute Gasteiger partial charge is 0.341 e. The number of carbonyl (C=O) groups excluding carboxylic acids is 1. The van der Waals surface area contributed by atoms with Crippen LogP contribution in [0.5, 0.6) is 0 Å². The molecule has 1 aromatic carbocycles. The average Bonchev–Trinajstić information content (AvgIpc) is 2.79. The number of methoxy groups -OCH3 is 1. The largest absolute Gasteiger partial charge is 0.465 e. The van der Waals surface area contributed by atoms with Crippen molar-refractivity contribution in [3.63, 3.8) is 0 Å². The lowest BCUT2D eigenvalue weighted by molar-refractivity contribution is 0.0601. The Morgan fingerprint density at radius 2 is 2.13 bits per heavy atom. The Bertz CT molecular complexity index is 744. The van der Waals surface area contributed by atoms with E-state index in [0.717, 1.165) is 16.0 Å². The zero-order valence-corrected chi connectivity index (χ0v) is 15.4. The quantitative estimate of drug-likeness (QED) is 0.622. The van der Waals surface area contributed by atoms with Gasteiger partial charge in [-0.2, -0.15) is 0 Å². The third-order valence-electron chi connectivity index (χ3n) is 3.34.